The summed E-state index contributed by atoms with van der Waals surface area (Å²) in [5.41, 5.74) is 1.80. The first-order valence-electron chi connectivity index (χ1n) is 9.49. The van der Waals surface area contributed by atoms with Crippen LogP contribution in [0.15, 0.2) is 29.3 Å². The lowest BCUT2D eigenvalue weighted by Gasteiger charge is -2.38. The molecule has 0 amide bonds. The number of hydrogen-bond donors (Lipinski definition) is 1. The van der Waals surface area contributed by atoms with Gasteiger partial charge in [0.2, 0.25) is 0 Å². The SMILES string of the molecule is CCNC(=NCc1ccc(OCCOC)cc1)N1CCC2(CCC2)C1.I. The minimum Gasteiger partial charge on any atom is -0.491 e. The normalized spacial score (nSPS) is 18.4. The summed E-state index contributed by atoms with van der Waals surface area (Å²) >= 11 is 0. The molecule has 6 heteroatoms. The summed E-state index contributed by atoms with van der Waals surface area (Å²) in [6.45, 7) is 7.24. The lowest BCUT2D eigenvalue weighted by Crippen LogP contribution is -2.42. The number of nitrogens with one attached hydrogen (secondary N) is 1. The average molecular weight is 473 g/mol. The third-order valence-electron chi connectivity index (χ3n) is 5.38. The van der Waals surface area contributed by atoms with Crippen molar-refractivity contribution in [1.29, 1.82) is 0 Å². The van der Waals surface area contributed by atoms with Crippen molar-refractivity contribution in [1.82, 2.24) is 10.2 Å². The van der Waals surface area contributed by atoms with Crippen LogP contribution < -0.4 is 10.1 Å². The van der Waals surface area contributed by atoms with Gasteiger partial charge in [0.05, 0.1) is 13.2 Å². The molecule has 1 aromatic rings. The van der Waals surface area contributed by atoms with Crippen molar-refractivity contribution < 1.29 is 9.47 Å². The van der Waals surface area contributed by atoms with Crippen LogP contribution in [0.1, 0.15) is 38.2 Å². The van der Waals surface area contributed by atoms with Gasteiger partial charge < -0.3 is 19.7 Å². The van der Waals surface area contributed by atoms with Crippen molar-refractivity contribution in [3.8, 4) is 5.75 Å². The Balaban J connectivity index is 0.00000243. The zero-order chi connectivity index (χ0) is 17.5. The number of likely N-dealkylation sites (tertiary alicyclic amines) is 1. The van der Waals surface area contributed by atoms with Crippen molar-refractivity contribution in [2.45, 2.75) is 39.2 Å². The van der Waals surface area contributed by atoms with Gasteiger partial charge in [0, 0.05) is 26.7 Å². The van der Waals surface area contributed by atoms with E-state index in [-0.39, 0.29) is 24.0 Å². The van der Waals surface area contributed by atoms with Crippen molar-refractivity contribution in [2.24, 2.45) is 10.4 Å². The van der Waals surface area contributed by atoms with E-state index in [0.717, 1.165) is 24.8 Å². The van der Waals surface area contributed by atoms with Crippen molar-refractivity contribution >= 4 is 29.9 Å². The maximum Gasteiger partial charge on any atom is 0.194 e. The summed E-state index contributed by atoms with van der Waals surface area (Å²) in [5, 5.41) is 3.46. The van der Waals surface area contributed by atoms with Gasteiger partial charge in [-0.05, 0) is 49.3 Å². The molecular formula is C20H32IN3O2. The average Bonchev–Trinajstić information content (AvgIpc) is 3.06. The van der Waals surface area contributed by atoms with Crippen LogP contribution in [0.5, 0.6) is 5.75 Å². The van der Waals surface area contributed by atoms with Crippen LogP contribution in [0.2, 0.25) is 0 Å². The predicted molar refractivity (Wildman–Crippen MR) is 117 cm³/mol. The highest BCUT2D eigenvalue weighted by atomic mass is 127. The molecule has 3 rings (SSSR count). The fourth-order valence-electron chi connectivity index (χ4n) is 3.73. The number of guanidine groups is 1. The van der Waals surface area contributed by atoms with Gasteiger partial charge in [-0.1, -0.05) is 18.6 Å². The first kappa shape index (κ1) is 21.3. The summed E-state index contributed by atoms with van der Waals surface area (Å²) in [4.78, 5) is 7.31. The lowest BCUT2D eigenvalue weighted by atomic mass is 9.68. The summed E-state index contributed by atoms with van der Waals surface area (Å²) in [7, 11) is 1.68. The van der Waals surface area contributed by atoms with Crippen molar-refractivity contribution in [2.75, 3.05) is 40.0 Å². The largest absolute Gasteiger partial charge is 0.491 e. The smallest absolute Gasteiger partial charge is 0.194 e. The van der Waals surface area contributed by atoms with E-state index in [1.807, 2.05) is 12.1 Å². The quantitative estimate of drug-likeness (QED) is 0.284. The highest BCUT2D eigenvalue weighted by molar-refractivity contribution is 14.0. The minimum atomic E-state index is 0. The maximum atomic E-state index is 5.61. The number of hydrogen-bond acceptors (Lipinski definition) is 3. The standard InChI is InChI=1S/C20H31N3O2.HI/c1-3-21-19(23-12-11-20(16-23)9-4-10-20)22-15-17-5-7-18(8-6-17)25-14-13-24-2;/h5-8H,3-4,9-16H2,1-2H3,(H,21,22);1H. The molecule has 0 bridgehead atoms. The molecule has 26 heavy (non-hydrogen) atoms. The van der Waals surface area contributed by atoms with Gasteiger partial charge in [-0.2, -0.15) is 0 Å². The van der Waals surface area contributed by atoms with Crippen LogP contribution in [-0.4, -0.2) is 50.8 Å². The molecule has 1 aliphatic carbocycles. The Hall–Kier alpha value is -1.02. The van der Waals surface area contributed by atoms with Crippen LogP contribution in [0.3, 0.4) is 0 Å². The molecule has 0 atom stereocenters. The second-order valence-electron chi connectivity index (χ2n) is 7.18. The van der Waals surface area contributed by atoms with Crippen LogP contribution in [-0.2, 0) is 11.3 Å². The molecule has 0 radical (unpaired) electrons. The van der Waals surface area contributed by atoms with Crippen LogP contribution in [0.25, 0.3) is 0 Å². The van der Waals surface area contributed by atoms with Crippen molar-refractivity contribution in [3.63, 3.8) is 0 Å². The summed E-state index contributed by atoms with van der Waals surface area (Å²) in [6, 6.07) is 8.19. The van der Waals surface area contributed by atoms with Gasteiger partial charge in [0.15, 0.2) is 5.96 Å². The summed E-state index contributed by atoms with van der Waals surface area (Å²) in [5.74, 6) is 1.94. The number of halogens is 1. The van der Waals surface area contributed by atoms with Gasteiger partial charge in [0.25, 0.3) is 0 Å². The Morgan fingerprint density at radius 2 is 1.96 bits per heavy atom. The number of ether oxygens (including phenoxy) is 2. The van der Waals surface area contributed by atoms with Gasteiger partial charge in [-0.25, -0.2) is 4.99 Å². The van der Waals surface area contributed by atoms with E-state index in [0.29, 0.717) is 25.2 Å². The Bertz CT molecular complexity index is 573. The number of nitrogens with zero attached hydrogens (tertiary/aromatic N) is 2. The molecule has 146 valence electrons. The Kier molecular flexibility index (Phi) is 8.47. The fourth-order valence-corrected chi connectivity index (χ4v) is 3.73. The van der Waals surface area contributed by atoms with Gasteiger partial charge in [-0.15, -0.1) is 24.0 Å². The molecule has 5 nitrogen and oxygen atoms in total. The van der Waals surface area contributed by atoms with Crippen LogP contribution >= 0.6 is 24.0 Å². The Morgan fingerprint density at radius 3 is 2.54 bits per heavy atom. The molecule has 1 heterocycles. The second-order valence-corrected chi connectivity index (χ2v) is 7.18. The molecule has 1 saturated heterocycles. The fraction of sp³-hybridized carbons (Fsp3) is 0.650. The molecule has 1 saturated carbocycles. The molecule has 1 aliphatic heterocycles. The van der Waals surface area contributed by atoms with E-state index in [1.54, 1.807) is 7.11 Å². The topological polar surface area (TPSA) is 46.1 Å². The van der Waals surface area contributed by atoms with Crippen molar-refractivity contribution in [3.05, 3.63) is 29.8 Å². The molecule has 1 N–H and O–H groups in total. The second kappa shape index (κ2) is 10.3. The van der Waals surface area contributed by atoms with Crippen LogP contribution in [0.4, 0.5) is 0 Å². The molecule has 2 fully saturated rings. The molecule has 0 aromatic heterocycles. The van der Waals surface area contributed by atoms with Gasteiger partial charge in [-0.3, -0.25) is 0 Å². The van der Waals surface area contributed by atoms with Gasteiger partial charge in [0.1, 0.15) is 12.4 Å². The molecule has 0 unspecified atom stereocenters. The van der Waals surface area contributed by atoms with E-state index in [2.05, 4.69) is 29.3 Å². The first-order chi connectivity index (χ1) is 12.2. The minimum absolute atomic E-state index is 0. The molecule has 1 spiro atoms. The van der Waals surface area contributed by atoms with Crippen LogP contribution in [0, 0.1) is 5.41 Å². The highest BCUT2D eigenvalue weighted by Crippen LogP contribution is 2.47. The maximum absolute atomic E-state index is 5.61. The number of aliphatic imine (C=N–C) groups is 1. The number of rotatable bonds is 7. The van der Waals surface area contributed by atoms with E-state index in [4.69, 9.17) is 14.5 Å². The zero-order valence-electron chi connectivity index (χ0n) is 16.0. The summed E-state index contributed by atoms with van der Waals surface area (Å²) < 4.78 is 10.6. The number of methoxy groups -OCH3 is 1. The predicted octanol–water partition coefficient (Wildman–Crippen LogP) is 3.67. The van der Waals surface area contributed by atoms with E-state index in [1.165, 1.54) is 37.8 Å². The van der Waals surface area contributed by atoms with E-state index in [9.17, 15) is 0 Å². The Labute approximate surface area is 174 Å². The van der Waals surface area contributed by atoms with E-state index < -0.39 is 0 Å². The third-order valence-corrected chi connectivity index (χ3v) is 5.38. The molecule has 1 aromatic carbocycles. The molecule has 2 aliphatic rings. The Morgan fingerprint density at radius 1 is 1.19 bits per heavy atom. The first-order valence-corrected chi connectivity index (χ1v) is 9.49. The van der Waals surface area contributed by atoms with E-state index >= 15 is 0 Å². The number of benzene rings is 1. The molecular weight excluding hydrogens is 441 g/mol. The van der Waals surface area contributed by atoms with Gasteiger partial charge >= 0.3 is 0 Å². The lowest BCUT2D eigenvalue weighted by molar-refractivity contribution is 0.146. The monoisotopic (exact) mass is 473 g/mol. The zero-order valence-corrected chi connectivity index (χ0v) is 18.3. The third kappa shape index (κ3) is 5.49. The summed E-state index contributed by atoms with van der Waals surface area (Å²) in [6.07, 6.45) is 5.52. The highest BCUT2D eigenvalue weighted by Gasteiger charge is 2.43.